The van der Waals surface area contributed by atoms with Gasteiger partial charge in [-0.1, -0.05) is 24.3 Å². The van der Waals surface area contributed by atoms with Gasteiger partial charge in [-0.25, -0.2) is 8.42 Å². The van der Waals surface area contributed by atoms with Crippen LogP contribution in [0.2, 0.25) is 0 Å². The number of rotatable bonds is 5. The fourth-order valence-electron chi connectivity index (χ4n) is 4.45. The zero-order valence-corrected chi connectivity index (χ0v) is 19.1. The molecule has 0 spiro atoms. The molecule has 0 radical (unpaired) electrons. The summed E-state index contributed by atoms with van der Waals surface area (Å²) in [4.78, 5) is 29.5. The topological polar surface area (TPSA) is 74.8 Å². The van der Waals surface area contributed by atoms with E-state index in [1.54, 1.807) is 30.3 Å². The Morgan fingerprint density at radius 3 is 2.25 bits per heavy atom. The quantitative estimate of drug-likeness (QED) is 0.697. The van der Waals surface area contributed by atoms with E-state index in [1.807, 2.05) is 34.9 Å². The molecule has 2 saturated carbocycles. The minimum atomic E-state index is -3.24. The predicted octanol–water partition coefficient (Wildman–Crippen LogP) is 3.37. The molecule has 2 amide bonds. The minimum Gasteiger partial charge on any atom is -0.336 e. The van der Waals surface area contributed by atoms with Crippen molar-refractivity contribution in [3.63, 3.8) is 0 Å². The predicted molar refractivity (Wildman–Crippen MR) is 122 cm³/mol. The molecule has 7 heteroatoms. The number of sulfone groups is 1. The maximum Gasteiger partial charge on any atom is 0.253 e. The average Bonchev–Trinajstić information content (AvgIpc) is 3.71. The summed E-state index contributed by atoms with van der Waals surface area (Å²) in [6, 6.07) is 14.4. The van der Waals surface area contributed by atoms with Gasteiger partial charge in [0.25, 0.3) is 5.91 Å². The molecule has 1 heterocycles. The van der Waals surface area contributed by atoms with Gasteiger partial charge in [-0.2, -0.15) is 0 Å². The van der Waals surface area contributed by atoms with E-state index >= 15 is 0 Å². The van der Waals surface area contributed by atoms with E-state index in [4.69, 9.17) is 0 Å². The summed E-state index contributed by atoms with van der Waals surface area (Å²) in [5.41, 5.74) is 2.30. The van der Waals surface area contributed by atoms with Crippen molar-refractivity contribution in [1.29, 1.82) is 0 Å². The Balaban J connectivity index is 1.28. The molecule has 6 nitrogen and oxygen atoms in total. The van der Waals surface area contributed by atoms with Crippen molar-refractivity contribution in [2.45, 2.75) is 48.8 Å². The van der Waals surface area contributed by atoms with Crippen LogP contribution in [0.15, 0.2) is 53.4 Å². The SMILES string of the molecule is C[C@H]1CN(C(=O)c2ccc(-c3cccc(S(=O)(=O)C4CC4)c3)cc2)CCN1C(=O)C1CC1. The van der Waals surface area contributed by atoms with Crippen LogP contribution >= 0.6 is 0 Å². The molecule has 3 aliphatic rings. The molecule has 3 fully saturated rings. The largest absolute Gasteiger partial charge is 0.336 e. The van der Waals surface area contributed by atoms with Gasteiger partial charge < -0.3 is 9.80 Å². The van der Waals surface area contributed by atoms with Crippen LogP contribution in [-0.2, 0) is 14.6 Å². The molecule has 0 aromatic heterocycles. The fourth-order valence-corrected chi connectivity index (χ4v) is 6.15. The third-order valence-corrected chi connectivity index (χ3v) is 8.98. The summed E-state index contributed by atoms with van der Waals surface area (Å²) in [5, 5.41) is -0.236. The van der Waals surface area contributed by atoms with Gasteiger partial charge in [0.2, 0.25) is 5.91 Å². The monoisotopic (exact) mass is 452 g/mol. The Hall–Kier alpha value is -2.67. The fraction of sp³-hybridized carbons (Fsp3) is 0.440. The second-order valence-electron chi connectivity index (χ2n) is 9.26. The van der Waals surface area contributed by atoms with Gasteiger partial charge in [-0.3, -0.25) is 9.59 Å². The highest BCUT2D eigenvalue weighted by Gasteiger charge is 2.38. The molecule has 32 heavy (non-hydrogen) atoms. The number of benzene rings is 2. The molecular weight excluding hydrogens is 424 g/mol. The first-order valence-electron chi connectivity index (χ1n) is 11.4. The molecule has 2 aromatic carbocycles. The number of hydrogen-bond donors (Lipinski definition) is 0. The first-order chi connectivity index (χ1) is 15.3. The third kappa shape index (κ3) is 4.06. The molecule has 0 bridgehead atoms. The molecule has 2 aromatic rings. The van der Waals surface area contributed by atoms with E-state index in [1.165, 1.54) is 0 Å². The lowest BCUT2D eigenvalue weighted by molar-refractivity contribution is -0.136. The smallest absolute Gasteiger partial charge is 0.253 e. The van der Waals surface area contributed by atoms with E-state index < -0.39 is 9.84 Å². The number of carbonyl (C=O) groups is 2. The first-order valence-corrected chi connectivity index (χ1v) is 12.9. The minimum absolute atomic E-state index is 0.0243. The first kappa shape index (κ1) is 21.2. The number of amides is 2. The lowest BCUT2D eigenvalue weighted by Crippen LogP contribution is -2.55. The van der Waals surface area contributed by atoms with Crippen molar-refractivity contribution in [2.75, 3.05) is 19.6 Å². The van der Waals surface area contributed by atoms with Crippen LogP contribution < -0.4 is 0 Å². The molecule has 0 N–H and O–H groups in total. The summed E-state index contributed by atoms with van der Waals surface area (Å²) in [7, 11) is -3.24. The molecule has 0 unspecified atom stereocenters. The number of nitrogens with zero attached hydrogens (tertiary/aromatic N) is 2. The molecule has 168 valence electrons. The highest BCUT2D eigenvalue weighted by molar-refractivity contribution is 7.92. The highest BCUT2D eigenvalue weighted by Crippen LogP contribution is 2.35. The van der Waals surface area contributed by atoms with Gasteiger partial charge in [-0.05, 0) is 68.0 Å². The third-order valence-electron chi connectivity index (χ3n) is 6.72. The van der Waals surface area contributed by atoms with Gasteiger partial charge >= 0.3 is 0 Å². The van der Waals surface area contributed by atoms with Crippen LogP contribution in [0, 0.1) is 5.92 Å². The van der Waals surface area contributed by atoms with Crippen molar-refractivity contribution in [1.82, 2.24) is 9.80 Å². The summed E-state index contributed by atoms with van der Waals surface area (Å²) in [5.74, 6) is 0.400. The number of carbonyl (C=O) groups excluding carboxylic acids is 2. The zero-order chi connectivity index (χ0) is 22.5. The van der Waals surface area contributed by atoms with Gasteiger partial charge in [-0.15, -0.1) is 0 Å². The lowest BCUT2D eigenvalue weighted by atomic mass is 10.0. The summed E-state index contributed by atoms with van der Waals surface area (Å²) in [6.07, 6.45) is 3.47. The molecule has 2 aliphatic carbocycles. The Labute approximate surface area is 189 Å². The van der Waals surface area contributed by atoms with E-state index in [0.29, 0.717) is 30.1 Å². The van der Waals surface area contributed by atoms with Crippen molar-refractivity contribution in [3.8, 4) is 11.1 Å². The molecule has 1 aliphatic heterocycles. The van der Waals surface area contributed by atoms with Crippen molar-refractivity contribution < 1.29 is 18.0 Å². The normalized spacial score (nSPS) is 21.5. The second kappa shape index (κ2) is 8.03. The highest BCUT2D eigenvalue weighted by atomic mass is 32.2. The molecule has 1 atom stereocenters. The van der Waals surface area contributed by atoms with Crippen molar-refractivity contribution >= 4 is 21.7 Å². The second-order valence-corrected chi connectivity index (χ2v) is 11.5. The van der Waals surface area contributed by atoms with Gasteiger partial charge in [0, 0.05) is 37.2 Å². The number of piperazine rings is 1. The summed E-state index contributed by atoms with van der Waals surface area (Å²) < 4.78 is 25.1. The number of hydrogen-bond acceptors (Lipinski definition) is 4. The molecular formula is C25H28N2O4S. The van der Waals surface area contributed by atoms with Crippen LogP contribution in [0.1, 0.15) is 43.0 Å². The van der Waals surface area contributed by atoms with Crippen molar-refractivity contribution in [3.05, 3.63) is 54.1 Å². The van der Waals surface area contributed by atoms with E-state index in [9.17, 15) is 18.0 Å². The Bertz CT molecular complexity index is 1150. The van der Waals surface area contributed by atoms with Crippen LogP contribution in [-0.4, -0.2) is 61.0 Å². The standard InChI is InChI=1S/C25H28N2O4S/c1-17-16-26(13-14-27(17)25(29)20-9-10-20)24(28)19-7-5-18(6-8-19)21-3-2-4-23(15-21)32(30,31)22-11-12-22/h2-8,15,17,20,22H,9-14,16H2,1H3/t17-/m0/s1. The molecule has 1 saturated heterocycles. The Morgan fingerprint density at radius 1 is 0.906 bits per heavy atom. The summed E-state index contributed by atoms with van der Waals surface area (Å²) in [6.45, 7) is 3.68. The maximum atomic E-state index is 13.0. The van der Waals surface area contributed by atoms with Crippen molar-refractivity contribution in [2.24, 2.45) is 5.92 Å². The molecule has 5 rings (SSSR count). The van der Waals surface area contributed by atoms with Gasteiger partial charge in [0.1, 0.15) is 0 Å². The Morgan fingerprint density at radius 2 is 1.62 bits per heavy atom. The Kier molecular flexibility index (Phi) is 5.32. The van der Waals surface area contributed by atoms with Crippen LogP contribution in [0.4, 0.5) is 0 Å². The van der Waals surface area contributed by atoms with Gasteiger partial charge in [0.05, 0.1) is 10.1 Å². The van der Waals surface area contributed by atoms with E-state index in [2.05, 4.69) is 0 Å². The van der Waals surface area contributed by atoms with Gasteiger partial charge in [0.15, 0.2) is 9.84 Å². The zero-order valence-electron chi connectivity index (χ0n) is 18.2. The average molecular weight is 453 g/mol. The summed E-state index contributed by atoms with van der Waals surface area (Å²) >= 11 is 0. The van der Waals surface area contributed by atoms with Crippen LogP contribution in [0.25, 0.3) is 11.1 Å². The van der Waals surface area contributed by atoms with Crippen LogP contribution in [0.5, 0.6) is 0 Å². The van der Waals surface area contributed by atoms with E-state index in [-0.39, 0.29) is 29.0 Å². The van der Waals surface area contributed by atoms with Crippen LogP contribution in [0.3, 0.4) is 0 Å². The maximum absolute atomic E-state index is 13.0. The van der Waals surface area contributed by atoms with E-state index in [0.717, 1.165) is 36.8 Å². The lowest BCUT2D eigenvalue weighted by Gasteiger charge is -2.40.